The first kappa shape index (κ1) is 28.4. The van der Waals surface area contributed by atoms with Gasteiger partial charge in [-0.05, 0) is 89.9 Å². The van der Waals surface area contributed by atoms with Crippen molar-refractivity contribution >= 4 is 51.6 Å². The van der Waals surface area contributed by atoms with Gasteiger partial charge in [0.1, 0.15) is 11.3 Å². The quantitative estimate of drug-likeness (QED) is 0.138. The maximum Gasteiger partial charge on any atom is 0.144 e. The van der Waals surface area contributed by atoms with Crippen molar-refractivity contribution in [3.8, 4) is 11.1 Å². The number of para-hydroxylation sites is 1. The highest BCUT2D eigenvalue weighted by Gasteiger charge is 2.28. The third kappa shape index (κ3) is 5.22. The van der Waals surface area contributed by atoms with E-state index in [0.717, 1.165) is 45.6 Å². The normalized spacial score (nSPS) is 20.8. The minimum atomic E-state index is -0.477. The van der Waals surface area contributed by atoms with Gasteiger partial charge in [-0.3, -0.25) is 4.99 Å². The Bertz CT molecular complexity index is 2270. The van der Waals surface area contributed by atoms with Gasteiger partial charge in [-0.2, -0.15) is 0 Å². The van der Waals surface area contributed by atoms with Crippen LogP contribution in [0, 0.1) is 5.92 Å². The number of allylic oxidation sites excluding steroid dienone is 4. The molecular weight excluding hydrogens is 589 g/mol. The molecule has 3 unspecified atom stereocenters. The minimum absolute atomic E-state index is 0.128. The topological polar surface area (TPSA) is 25.5 Å². The summed E-state index contributed by atoms with van der Waals surface area (Å²) < 4.78 is 6.46. The van der Waals surface area contributed by atoms with Crippen LogP contribution >= 0.6 is 7.92 Å². The number of nitrogens with zero attached hydrogens (tertiary/aromatic N) is 1. The van der Waals surface area contributed by atoms with E-state index in [1.165, 1.54) is 45.4 Å². The van der Waals surface area contributed by atoms with Crippen LogP contribution < -0.4 is 10.6 Å². The number of furan rings is 1. The molecule has 6 aromatic rings. The van der Waals surface area contributed by atoms with E-state index in [1.54, 1.807) is 0 Å². The van der Waals surface area contributed by atoms with Crippen molar-refractivity contribution in [3.63, 3.8) is 0 Å². The molecule has 0 N–H and O–H groups in total. The van der Waals surface area contributed by atoms with E-state index in [1.807, 2.05) is 6.07 Å². The summed E-state index contributed by atoms with van der Waals surface area (Å²) >= 11 is 0. The molecule has 2 aliphatic carbocycles. The van der Waals surface area contributed by atoms with Crippen LogP contribution in [0.4, 0.5) is 0 Å². The number of hydrogen-bond acceptors (Lipinski definition) is 2. The van der Waals surface area contributed by atoms with Gasteiger partial charge in [-0.25, -0.2) is 0 Å². The molecule has 228 valence electrons. The van der Waals surface area contributed by atoms with Gasteiger partial charge in [0, 0.05) is 22.2 Å². The van der Waals surface area contributed by atoms with Crippen molar-refractivity contribution in [1.29, 1.82) is 0 Å². The van der Waals surface area contributed by atoms with Crippen molar-refractivity contribution in [2.75, 3.05) is 0 Å². The molecular formula is C44H36NOP. The van der Waals surface area contributed by atoms with Crippen LogP contribution in [-0.4, -0.2) is 17.4 Å². The lowest BCUT2D eigenvalue weighted by molar-refractivity contribution is 0.589. The van der Waals surface area contributed by atoms with Crippen molar-refractivity contribution in [2.24, 2.45) is 10.9 Å². The zero-order valence-electron chi connectivity index (χ0n) is 26.5. The Morgan fingerprint density at radius 3 is 2.34 bits per heavy atom. The molecule has 0 fully saturated rings. The predicted octanol–water partition coefficient (Wildman–Crippen LogP) is 10.6. The molecule has 4 aliphatic rings. The molecule has 5 aromatic carbocycles. The fourth-order valence-corrected chi connectivity index (χ4v) is 10.2. The molecule has 0 saturated heterocycles. The van der Waals surface area contributed by atoms with Gasteiger partial charge < -0.3 is 4.42 Å². The fraction of sp³-hybridized carbons (Fsp3) is 0.159. The van der Waals surface area contributed by atoms with Gasteiger partial charge >= 0.3 is 0 Å². The zero-order chi connectivity index (χ0) is 31.3. The van der Waals surface area contributed by atoms with Gasteiger partial charge in [0.05, 0.1) is 17.3 Å². The van der Waals surface area contributed by atoms with Crippen LogP contribution in [0.15, 0.2) is 155 Å². The fourth-order valence-electron chi connectivity index (χ4n) is 7.49. The van der Waals surface area contributed by atoms with Gasteiger partial charge in [-0.15, -0.1) is 0 Å². The largest absolute Gasteiger partial charge is 0.455 e. The Kier molecular flexibility index (Phi) is 7.13. The molecule has 10 rings (SSSR count). The second kappa shape index (κ2) is 11.8. The lowest BCUT2D eigenvalue weighted by atomic mass is 9.90. The summed E-state index contributed by atoms with van der Waals surface area (Å²) in [6.07, 6.45) is 15.0. The molecule has 2 nitrogen and oxygen atoms in total. The summed E-state index contributed by atoms with van der Waals surface area (Å²) in [5.41, 5.74) is 8.27. The van der Waals surface area contributed by atoms with E-state index >= 15 is 0 Å². The molecule has 0 saturated carbocycles. The smallest absolute Gasteiger partial charge is 0.144 e. The number of aliphatic imine (C=N–C) groups is 1. The summed E-state index contributed by atoms with van der Waals surface area (Å²) in [5, 5.41) is 6.61. The third-order valence-electron chi connectivity index (χ3n) is 9.98. The van der Waals surface area contributed by atoms with Crippen LogP contribution in [0.1, 0.15) is 43.1 Å². The van der Waals surface area contributed by atoms with Crippen LogP contribution in [0.3, 0.4) is 0 Å². The van der Waals surface area contributed by atoms with E-state index in [0.29, 0.717) is 11.6 Å². The zero-order valence-corrected chi connectivity index (χ0v) is 27.4. The SMILES string of the molecule is C[C@H]1C=CC(P(c2ccccc2)c2ccc3cc(-c4cccc(C5=NC6C=CC(=CC6)c6oc7ccccc7c65)c4)ccc3c2)CC1. The number of benzene rings is 5. The highest BCUT2D eigenvalue weighted by atomic mass is 31.1. The molecule has 47 heavy (non-hydrogen) atoms. The monoisotopic (exact) mass is 625 g/mol. The first-order valence-corrected chi connectivity index (χ1v) is 18.2. The Morgan fingerprint density at radius 2 is 1.49 bits per heavy atom. The van der Waals surface area contributed by atoms with Crippen molar-refractivity contribution in [2.45, 2.75) is 37.9 Å². The lowest BCUT2D eigenvalue weighted by Gasteiger charge is -2.30. The second-order valence-electron chi connectivity index (χ2n) is 13.1. The summed E-state index contributed by atoms with van der Waals surface area (Å²) in [6, 6.07) is 42.6. The van der Waals surface area contributed by atoms with E-state index < -0.39 is 7.92 Å². The molecule has 0 spiro atoms. The van der Waals surface area contributed by atoms with E-state index in [2.05, 4.69) is 146 Å². The summed E-state index contributed by atoms with van der Waals surface area (Å²) in [5.74, 6) is 1.59. The van der Waals surface area contributed by atoms with Crippen LogP contribution in [0.5, 0.6) is 0 Å². The standard InChI is InChI=1S/C44H36NOP/c1-29-14-23-38(24-15-29)47(37-10-3-2-4-11-37)39-25-20-33-26-32(16-17-34(33)28-39)31-8-7-9-35(27-31)43-42-40-12-5-6-13-41(40)46-44(42)30-18-21-36(45-43)22-19-30/h2-14,16-21,23,25-29,36,38H,15,22,24H2,1H3/t29-,36?,38?,47?/m0/s1. The Balaban J connectivity index is 1.10. The average Bonchev–Trinajstić information content (AvgIpc) is 3.49. The molecule has 0 amide bonds. The van der Waals surface area contributed by atoms with E-state index in [-0.39, 0.29) is 6.04 Å². The van der Waals surface area contributed by atoms with Crippen molar-refractivity contribution in [3.05, 3.63) is 163 Å². The van der Waals surface area contributed by atoms with Crippen LogP contribution in [0.25, 0.3) is 38.4 Å². The summed E-state index contributed by atoms with van der Waals surface area (Å²) in [6.45, 7) is 2.33. The predicted molar refractivity (Wildman–Crippen MR) is 201 cm³/mol. The molecule has 3 heterocycles. The van der Waals surface area contributed by atoms with Crippen LogP contribution in [0.2, 0.25) is 0 Å². The molecule has 3 heteroatoms. The number of hydrogen-bond donors (Lipinski definition) is 0. The number of fused-ring (bicyclic) bond motifs is 3. The Hall–Kier alpha value is -4.78. The van der Waals surface area contributed by atoms with E-state index in [4.69, 9.17) is 9.41 Å². The maximum absolute atomic E-state index is 6.46. The van der Waals surface area contributed by atoms with Gasteiger partial charge in [0.2, 0.25) is 0 Å². The van der Waals surface area contributed by atoms with Gasteiger partial charge in [0.25, 0.3) is 0 Å². The Labute approximate surface area is 277 Å². The summed E-state index contributed by atoms with van der Waals surface area (Å²) in [4.78, 5) is 5.33. The highest BCUT2D eigenvalue weighted by molar-refractivity contribution is 7.73. The van der Waals surface area contributed by atoms with Crippen LogP contribution in [-0.2, 0) is 0 Å². The highest BCUT2D eigenvalue weighted by Crippen LogP contribution is 2.45. The second-order valence-corrected chi connectivity index (χ2v) is 15.6. The number of rotatable bonds is 5. The first-order chi connectivity index (χ1) is 23.2. The average molecular weight is 626 g/mol. The minimum Gasteiger partial charge on any atom is -0.455 e. The molecule has 0 radical (unpaired) electrons. The van der Waals surface area contributed by atoms with Crippen molar-refractivity contribution < 1.29 is 4.42 Å². The lowest BCUT2D eigenvalue weighted by Crippen LogP contribution is -2.22. The molecule has 4 atom stereocenters. The maximum atomic E-state index is 6.46. The van der Waals surface area contributed by atoms with Gasteiger partial charge in [-0.1, -0.05) is 128 Å². The van der Waals surface area contributed by atoms with Crippen molar-refractivity contribution in [1.82, 2.24) is 0 Å². The van der Waals surface area contributed by atoms with Gasteiger partial charge in [0.15, 0.2) is 0 Å². The first-order valence-electron chi connectivity index (χ1n) is 16.8. The molecule has 2 bridgehead atoms. The van der Waals surface area contributed by atoms with E-state index in [9.17, 15) is 0 Å². The summed E-state index contributed by atoms with van der Waals surface area (Å²) in [7, 11) is -0.477. The Morgan fingerprint density at radius 1 is 0.681 bits per heavy atom. The molecule has 1 aromatic heterocycles. The molecule has 2 aliphatic heterocycles. The third-order valence-corrected chi connectivity index (χ3v) is 12.8.